The predicted molar refractivity (Wildman–Crippen MR) is 92.3 cm³/mol. The molecule has 0 spiro atoms. The molecule has 0 aliphatic carbocycles. The van der Waals surface area contributed by atoms with E-state index in [9.17, 15) is 9.59 Å². The molecule has 0 saturated heterocycles. The second kappa shape index (κ2) is 5.89. The first kappa shape index (κ1) is 15.3. The third-order valence-electron chi connectivity index (χ3n) is 3.79. The lowest BCUT2D eigenvalue weighted by atomic mass is 10.1. The van der Waals surface area contributed by atoms with Crippen LogP contribution in [0.3, 0.4) is 0 Å². The van der Waals surface area contributed by atoms with Gasteiger partial charge in [-0.1, -0.05) is 17.7 Å². The zero-order valence-corrected chi connectivity index (χ0v) is 13.5. The van der Waals surface area contributed by atoms with Crippen LogP contribution in [0.5, 0.6) is 0 Å². The Morgan fingerprint density at radius 2 is 1.74 bits per heavy atom. The minimum atomic E-state index is -0.213. The lowest BCUT2D eigenvalue weighted by Gasteiger charge is -2.07. The van der Waals surface area contributed by atoms with Crippen LogP contribution in [0.15, 0.2) is 48.5 Å². The van der Waals surface area contributed by atoms with Gasteiger partial charge in [0.1, 0.15) is 5.69 Å². The summed E-state index contributed by atoms with van der Waals surface area (Å²) in [6.07, 6.45) is 0. The number of rotatable bonds is 3. The standard InChI is InChI=1S/C18H15ClN2O2/c1-11(22)12-4-7-15(8-5-12)20-18(23)17-9-13-3-6-14(19)10-16(13)21(17)2/h3-10H,1-2H3,(H,20,23). The minimum absolute atomic E-state index is 0.00607. The van der Waals surface area contributed by atoms with Gasteiger partial charge < -0.3 is 9.88 Å². The summed E-state index contributed by atoms with van der Waals surface area (Å²) in [6, 6.07) is 14.2. The van der Waals surface area contributed by atoms with Gasteiger partial charge in [-0.05, 0) is 49.4 Å². The van der Waals surface area contributed by atoms with Crippen LogP contribution < -0.4 is 5.32 Å². The van der Waals surface area contributed by atoms with Gasteiger partial charge in [-0.2, -0.15) is 0 Å². The van der Waals surface area contributed by atoms with E-state index in [2.05, 4.69) is 5.32 Å². The first-order chi connectivity index (χ1) is 11.0. The van der Waals surface area contributed by atoms with Gasteiger partial charge in [0.05, 0.1) is 0 Å². The molecule has 0 unspecified atom stereocenters. The molecule has 0 atom stereocenters. The zero-order chi connectivity index (χ0) is 16.6. The van der Waals surface area contributed by atoms with E-state index in [-0.39, 0.29) is 11.7 Å². The number of nitrogens with zero attached hydrogens (tertiary/aromatic N) is 1. The van der Waals surface area contributed by atoms with E-state index in [1.54, 1.807) is 34.9 Å². The van der Waals surface area contributed by atoms with E-state index >= 15 is 0 Å². The first-order valence-corrected chi connectivity index (χ1v) is 7.51. The van der Waals surface area contributed by atoms with Crippen molar-refractivity contribution in [2.24, 2.45) is 7.05 Å². The second-order valence-corrected chi connectivity index (χ2v) is 5.82. The fourth-order valence-corrected chi connectivity index (χ4v) is 2.67. The van der Waals surface area contributed by atoms with Crippen molar-refractivity contribution >= 4 is 39.9 Å². The smallest absolute Gasteiger partial charge is 0.272 e. The summed E-state index contributed by atoms with van der Waals surface area (Å²) in [4.78, 5) is 23.7. The average Bonchev–Trinajstić information content (AvgIpc) is 2.85. The van der Waals surface area contributed by atoms with Crippen molar-refractivity contribution in [3.8, 4) is 0 Å². The van der Waals surface area contributed by atoms with Crippen LogP contribution in [0.1, 0.15) is 27.8 Å². The van der Waals surface area contributed by atoms with Gasteiger partial charge in [-0.25, -0.2) is 0 Å². The summed E-state index contributed by atoms with van der Waals surface area (Å²) < 4.78 is 1.81. The number of aromatic nitrogens is 1. The summed E-state index contributed by atoms with van der Waals surface area (Å²) in [5, 5.41) is 4.42. The maximum absolute atomic E-state index is 12.5. The summed E-state index contributed by atoms with van der Waals surface area (Å²) >= 11 is 6.01. The number of benzene rings is 2. The van der Waals surface area contributed by atoms with Gasteiger partial charge in [-0.15, -0.1) is 0 Å². The molecule has 3 rings (SSSR count). The molecular formula is C18H15ClN2O2. The number of amides is 1. The van der Waals surface area contributed by atoms with Crippen LogP contribution in [0.25, 0.3) is 10.9 Å². The summed E-state index contributed by atoms with van der Waals surface area (Å²) in [5.74, 6) is -0.219. The molecule has 0 bridgehead atoms. The van der Waals surface area contributed by atoms with Crippen molar-refractivity contribution in [1.29, 1.82) is 0 Å². The number of halogens is 1. The number of aryl methyl sites for hydroxylation is 1. The van der Waals surface area contributed by atoms with Crippen LogP contribution in [-0.4, -0.2) is 16.3 Å². The van der Waals surface area contributed by atoms with Gasteiger partial charge in [-0.3, -0.25) is 9.59 Å². The number of Topliss-reactive ketones (excluding diaryl/α,β-unsaturated/α-hetero) is 1. The highest BCUT2D eigenvalue weighted by atomic mass is 35.5. The summed E-state index contributed by atoms with van der Waals surface area (Å²) in [6.45, 7) is 1.51. The Balaban J connectivity index is 1.88. The van der Waals surface area contributed by atoms with Crippen LogP contribution in [0.2, 0.25) is 5.02 Å². The molecule has 23 heavy (non-hydrogen) atoms. The molecule has 4 nitrogen and oxygen atoms in total. The number of nitrogens with one attached hydrogen (secondary N) is 1. The van der Waals surface area contributed by atoms with E-state index < -0.39 is 0 Å². The summed E-state index contributed by atoms with van der Waals surface area (Å²) in [5.41, 5.74) is 2.69. The quantitative estimate of drug-likeness (QED) is 0.730. The Hall–Kier alpha value is -2.59. The van der Waals surface area contributed by atoms with Gasteiger partial charge in [0.15, 0.2) is 5.78 Å². The number of carbonyl (C=O) groups excluding carboxylic acids is 2. The van der Waals surface area contributed by atoms with E-state index in [1.807, 2.05) is 25.2 Å². The van der Waals surface area contributed by atoms with Crippen molar-refractivity contribution in [2.75, 3.05) is 5.32 Å². The minimum Gasteiger partial charge on any atom is -0.340 e. The summed E-state index contributed by atoms with van der Waals surface area (Å²) in [7, 11) is 1.83. The maximum Gasteiger partial charge on any atom is 0.272 e. The van der Waals surface area contributed by atoms with Gasteiger partial charge >= 0.3 is 0 Å². The van der Waals surface area contributed by atoms with E-state index in [4.69, 9.17) is 11.6 Å². The highest BCUT2D eigenvalue weighted by Gasteiger charge is 2.14. The van der Waals surface area contributed by atoms with Crippen molar-refractivity contribution < 1.29 is 9.59 Å². The predicted octanol–water partition coefficient (Wildman–Crippen LogP) is 4.29. The lowest BCUT2D eigenvalue weighted by Crippen LogP contribution is -2.15. The van der Waals surface area contributed by atoms with Gasteiger partial charge in [0, 0.05) is 34.2 Å². The fourth-order valence-electron chi connectivity index (χ4n) is 2.50. The van der Waals surface area contributed by atoms with E-state index in [1.165, 1.54) is 6.92 Å². The van der Waals surface area contributed by atoms with Crippen LogP contribution in [-0.2, 0) is 7.05 Å². The van der Waals surface area contributed by atoms with E-state index in [0.717, 1.165) is 10.9 Å². The molecule has 116 valence electrons. The molecule has 1 aromatic heterocycles. The average molecular weight is 327 g/mol. The molecule has 1 heterocycles. The van der Waals surface area contributed by atoms with Crippen molar-refractivity contribution in [1.82, 2.24) is 4.57 Å². The number of carbonyl (C=O) groups is 2. The Kier molecular flexibility index (Phi) is 3.92. The highest BCUT2D eigenvalue weighted by Crippen LogP contribution is 2.23. The zero-order valence-electron chi connectivity index (χ0n) is 12.8. The molecule has 0 aliphatic rings. The number of hydrogen-bond donors (Lipinski definition) is 1. The van der Waals surface area contributed by atoms with Gasteiger partial charge in [0.2, 0.25) is 0 Å². The molecule has 2 aromatic carbocycles. The van der Waals surface area contributed by atoms with Crippen LogP contribution in [0, 0.1) is 0 Å². The first-order valence-electron chi connectivity index (χ1n) is 7.13. The molecule has 1 amide bonds. The van der Waals surface area contributed by atoms with Crippen LogP contribution in [0.4, 0.5) is 5.69 Å². The number of anilines is 1. The van der Waals surface area contributed by atoms with Crippen LogP contribution >= 0.6 is 11.6 Å². The highest BCUT2D eigenvalue weighted by molar-refractivity contribution is 6.31. The second-order valence-electron chi connectivity index (χ2n) is 5.38. The third-order valence-corrected chi connectivity index (χ3v) is 4.02. The van der Waals surface area contributed by atoms with Crippen molar-refractivity contribution in [3.63, 3.8) is 0 Å². The number of hydrogen-bond acceptors (Lipinski definition) is 2. The molecule has 0 aliphatic heterocycles. The molecule has 3 aromatic rings. The molecular weight excluding hydrogens is 312 g/mol. The number of ketones is 1. The largest absolute Gasteiger partial charge is 0.340 e. The maximum atomic E-state index is 12.5. The lowest BCUT2D eigenvalue weighted by molar-refractivity contribution is 0.101. The fraction of sp³-hybridized carbons (Fsp3) is 0.111. The monoisotopic (exact) mass is 326 g/mol. The SMILES string of the molecule is CC(=O)c1ccc(NC(=O)c2cc3ccc(Cl)cc3n2C)cc1. The Bertz CT molecular complexity index is 911. The molecule has 5 heteroatoms. The van der Waals surface area contributed by atoms with Crippen molar-refractivity contribution in [2.45, 2.75) is 6.92 Å². The van der Waals surface area contributed by atoms with E-state index in [0.29, 0.717) is 22.0 Å². The Labute approximate surface area is 138 Å². The topological polar surface area (TPSA) is 51.1 Å². The molecule has 0 saturated carbocycles. The molecule has 1 N–H and O–H groups in total. The Morgan fingerprint density at radius 3 is 2.39 bits per heavy atom. The molecule has 0 fully saturated rings. The van der Waals surface area contributed by atoms with Gasteiger partial charge in [0.25, 0.3) is 5.91 Å². The van der Waals surface area contributed by atoms with Crippen molar-refractivity contribution in [3.05, 3.63) is 64.8 Å². The third kappa shape index (κ3) is 2.98. The normalized spacial score (nSPS) is 10.7. The Morgan fingerprint density at radius 1 is 1.04 bits per heavy atom. The number of fused-ring (bicyclic) bond motifs is 1. The molecule has 0 radical (unpaired) electrons.